The summed E-state index contributed by atoms with van der Waals surface area (Å²) in [5, 5.41) is 0. The third-order valence-corrected chi connectivity index (χ3v) is 6.75. The van der Waals surface area contributed by atoms with E-state index in [4.69, 9.17) is 4.74 Å². The van der Waals surface area contributed by atoms with Gasteiger partial charge in [0, 0.05) is 0 Å². The molecule has 0 aromatic heterocycles. The van der Waals surface area contributed by atoms with Gasteiger partial charge in [-0.3, -0.25) is 4.79 Å². The van der Waals surface area contributed by atoms with E-state index in [-0.39, 0.29) is 17.3 Å². The Morgan fingerprint density at radius 1 is 1.28 bits per heavy atom. The molecule has 1 fully saturated rings. The van der Waals surface area contributed by atoms with Crippen LogP contribution in [-0.4, -0.2) is 13.1 Å². The van der Waals surface area contributed by atoms with E-state index in [9.17, 15) is 4.79 Å². The molecule has 0 amide bonds. The summed E-state index contributed by atoms with van der Waals surface area (Å²) in [7, 11) is 1.44. The lowest BCUT2D eigenvalue weighted by Gasteiger charge is -2.55. The lowest BCUT2D eigenvalue weighted by molar-refractivity contribution is -0.143. The molecule has 2 nitrogen and oxygen atoms in total. The Morgan fingerprint density at radius 3 is 2.60 bits per heavy atom. The molecule has 25 heavy (non-hydrogen) atoms. The van der Waals surface area contributed by atoms with E-state index in [0.717, 1.165) is 5.92 Å². The van der Waals surface area contributed by atoms with E-state index in [1.54, 1.807) is 11.1 Å². The summed E-state index contributed by atoms with van der Waals surface area (Å²) >= 11 is 0. The molecule has 0 saturated heterocycles. The summed E-state index contributed by atoms with van der Waals surface area (Å²) < 4.78 is 4.79. The standard InChI is InChI=1S/C23H36O2/c1-16(10-8-11-18(3)21(24)25-7)20-17(2)12-13-19-22(4,5)14-9-15-23(19,20)6/h8,10-11,18-19H,9,12-15H2,1-7H3. The van der Waals surface area contributed by atoms with Crippen LogP contribution < -0.4 is 0 Å². The number of allylic oxidation sites excluding steroid dienone is 5. The van der Waals surface area contributed by atoms with Crippen molar-refractivity contribution >= 4 is 5.97 Å². The van der Waals surface area contributed by atoms with Crippen molar-refractivity contribution in [2.24, 2.45) is 22.7 Å². The molecule has 2 aliphatic carbocycles. The van der Waals surface area contributed by atoms with Crippen molar-refractivity contribution in [3.8, 4) is 0 Å². The van der Waals surface area contributed by atoms with Crippen LogP contribution >= 0.6 is 0 Å². The normalized spacial score (nSPS) is 31.0. The molecule has 0 N–H and O–H groups in total. The van der Waals surface area contributed by atoms with Gasteiger partial charge in [0.1, 0.15) is 0 Å². The number of methoxy groups -OCH3 is 1. The van der Waals surface area contributed by atoms with Gasteiger partial charge in [-0.15, -0.1) is 0 Å². The molecule has 0 aromatic carbocycles. The Morgan fingerprint density at radius 2 is 1.96 bits per heavy atom. The molecule has 2 heteroatoms. The third-order valence-electron chi connectivity index (χ3n) is 6.75. The van der Waals surface area contributed by atoms with Gasteiger partial charge >= 0.3 is 5.97 Å². The molecule has 140 valence electrons. The summed E-state index contributed by atoms with van der Waals surface area (Å²) in [5.74, 6) is 0.373. The smallest absolute Gasteiger partial charge is 0.312 e. The zero-order chi connectivity index (χ0) is 18.8. The lowest BCUT2D eigenvalue weighted by Crippen LogP contribution is -2.45. The van der Waals surface area contributed by atoms with Gasteiger partial charge in [0.25, 0.3) is 0 Å². The van der Waals surface area contributed by atoms with Gasteiger partial charge in [-0.1, -0.05) is 51.0 Å². The van der Waals surface area contributed by atoms with E-state index in [1.807, 2.05) is 19.1 Å². The first-order chi connectivity index (χ1) is 11.6. The van der Waals surface area contributed by atoms with Crippen LogP contribution in [0.2, 0.25) is 0 Å². The Kier molecular flexibility index (Phi) is 6.01. The fourth-order valence-corrected chi connectivity index (χ4v) is 5.61. The fourth-order valence-electron chi connectivity index (χ4n) is 5.61. The van der Waals surface area contributed by atoms with Gasteiger partial charge in [-0.05, 0) is 74.3 Å². The monoisotopic (exact) mass is 344 g/mol. The largest absolute Gasteiger partial charge is 0.469 e. The molecule has 0 radical (unpaired) electrons. The third kappa shape index (κ3) is 3.93. The van der Waals surface area contributed by atoms with E-state index in [2.05, 4.69) is 40.7 Å². The summed E-state index contributed by atoms with van der Waals surface area (Å²) in [4.78, 5) is 11.5. The van der Waals surface area contributed by atoms with Crippen LogP contribution in [0, 0.1) is 22.7 Å². The Labute approximate surface area is 154 Å². The van der Waals surface area contributed by atoms with Crippen molar-refractivity contribution in [3.05, 3.63) is 34.9 Å². The number of fused-ring (bicyclic) bond motifs is 1. The van der Waals surface area contributed by atoms with Crippen molar-refractivity contribution in [2.75, 3.05) is 7.11 Å². The van der Waals surface area contributed by atoms with Crippen LogP contribution in [0.5, 0.6) is 0 Å². The summed E-state index contributed by atoms with van der Waals surface area (Å²) in [6.45, 7) is 13.8. The molecule has 0 aliphatic heterocycles. The van der Waals surface area contributed by atoms with Crippen LogP contribution in [0.15, 0.2) is 34.9 Å². The SMILES string of the molecule is COC(=O)C(C)C=CC=C(C)C1=C(C)CCC2C(C)(C)CCCC12C. The molecule has 3 unspecified atom stereocenters. The molecule has 0 spiro atoms. The van der Waals surface area contributed by atoms with Crippen LogP contribution in [0.4, 0.5) is 0 Å². The molecular formula is C23H36O2. The highest BCUT2D eigenvalue weighted by molar-refractivity contribution is 5.73. The topological polar surface area (TPSA) is 26.3 Å². The van der Waals surface area contributed by atoms with Crippen LogP contribution in [0.25, 0.3) is 0 Å². The number of hydrogen-bond donors (Lipinski definition) is 0. The number of carbonyl (C=O) groups is 1. The Hall–Kier alpha value is -1.31. The van der Waals surface area contributed by atoms with Gasteiger partial charge in [0.05, 0.1) is 13.0 Å². The summed E-state index contributed by atoms with van der Waals surface area (Å²) in [6, 6.07) is 0. The summed E-state index contributed by atoms with van der Waals surface area (Å²) in [5.41, 5.74) is 5.20. The molecule has 2 rings (SSSR count). The quantitative estimate of drug-likeness (QED) is 0.445. The van der Waals surface area contributed by atoms with Crippen molar-refractivity contribution in [3.63, 3.8) is 0 Å². The highest BCUT2D eigenvalue weighted by atomic mass is 16.5. The zero-order valence-electron chi connectivity index (χ0n) is 17.2. The second-order valence-electron chi connectivity index (χ2n) is 9.05. The molecule has 0 bridgehead atoms. The fraction of sp³-hybridized carbons (Fsp3) is 0.696. The van der Waals surface area contributed by atoms with Crippen LogP contribution in [0.3, 0.4) is 0 Å². The predicted octanol–water partition coefficient (Wildman–Crippen LogP) is 6.24. The Balaban J connectivity index is 2.30. The average Bonchev–Trinajstić information content (AvgIpc) is 2.52. The van der Waals surface area contributed by atoms with Gasteiger partial charge < -0.3 is 4.74 Å². The van der Waals surface area contributed by atoms with Crippen molar-refractivity contribution < 1.29 is 9.53 Å². The zero-order valence-corrected chi connectivity index (χ0v) is 17.2. The predicted molar refractivity (Wildman–Crippen MR) is 105 cm³/mol. The molecular weight excluding hydrogens is 308 g/mol. The molecule has 2 aliphatic rings. The molecule has 1 saturated carbocycles. The van der Waals surface area contributed by atoms with Crippen molar-refractivity contribution in [1.29, 1.82) is 0 Å². The molecule has 0 aromatic rings. The minimum Gasteiger partial charge on any atom is -0.469 e. The maximum absolute atomic E-state index is 11.5. The second-order valence-corrected chi connectivity index (χ2v) is 9.05. The van der Waals surface area contributed by atoms with E-state index < -0.39 is 0 Å². The van der Waals surface area contributed by atoms with Crippen molar-refractivity contribution in [2.45, 2.75) is 73.6 Å². The summed E-state index contributed by atoms with van der Waals surface area (Å²) in [6.07, 6.45) is 12.6. The minimum atomic E-state index is -0.201. The molecule has 3 atom stereocenters. The minimum absolute atomic E-state index is 0.184. The first kappa shape index (κ1) is 20.0. The van der Waals surface area contributed by atoms with Gasteiger partial charge in [-0.2, -0.15) is 0 Å². The Bertz CT molecular complexity index is 606. The lowest BCUT2D eigenvalue weighted by atomic mass is 9.49. The van der Waals surface area contributed by atoms with E-state index in [0.29, 0.717) is 5.41 Å². The first-order valence-electron chi connectivity index (χ1n) is 9.77. The number of carbonyl (C=O) groups excluding carboxylic acids is 1. The average molecular weight is 345 g/mol. The van der Waals surface area contributed by atoms with Crippen molar-refractivity contribution in [1.82, 2.24) is 0 Å². The highest BCUT2D eigenvalue weighted by Crippen LogP contribution is 2.60. The maximum atomic E-state index is 11.5. The number of rotatable bonds is 4. The number of hydrogen-bond acceptors (Lipinski definition) is 2. The number of esters is 1. The number of ether oxygens (including phenoxy) is 1. The van der Waals surface area contributed by atoms with E-state index >= 15 is 0 Å². The van der Waals surface area contributed by atoms with Crippen LogP contribution in [-0.2, 0) is 9.53 Å². The first-order valence-corrected chi connectivity index (χ1v) is 9.77. The maximum Gasteiger partial charge on any atom is 0.312 e. The van der Waals surface area contributed by atoms with Gasteiger partial charge in [0.15, 0.2) is 0 Å². The highest BCUT2D eigenvalue weighted by Gasteiger charge is 2.50. The van der Waals surface area contributed by atoms with E-state index in [1.165, 1.54) is 44.8 Å². The van der Waals surface area contributed by atoms with Crippen LogP contribution in [0.1, 0.15) is 73.6 Å². The van der Waals surface area contributed by atoms with Gasteiger partial charge in [0.2, 0.25) is 0 Å². The van der Waals surface area contributed by atoms with Gasteiger partial charge in [-0.25, -0.2) is 0 Å². The second kappa shape index (κ2) is 7.51. The molecule has 0 heterocycles.